The minimum Gasteiger partial charge on any atom is -0.398 e. The number of hydrogen-bond acceptors (Lipinski definition) is 3. The second-order valence-corrected chi connectivity index (χ2v) is 5.28. The standard InChI is InChI=1S/C15H18N2O2/c1-15(2,19)9-17-14(18)12-7-10-5-3-4-6-11(10)8-13(12)16/h3-8,19H,9,16H2,1-2H3,(H,17,18). The Hall–Kier alpha value is -2.07. The van der Waals surface area contributed by atoms with Gasteiger partial charge in [0.2, 0.25) is 0 Å². The van der Waals surface area contributed by atoms with Gasteiger partial charge in [-0.05, 0) is 36.8 Å². The summed E-state index contributed by atoms with van der Waals surface area (Å²) in [6, 6.07) is 11.3. The maximum atomic E-state index is 12.1. The lowest BCUT2D eigenvalue weighted by Gasteiger charge is -2.18. The summed E-state index contributed by atoms with van der Waals surface area (Å²) < 4.78 is 0. The molecule has 0 fully saturated rings. The first-order valence-corrected chi connectivity index (χ1v) is 6.16. The number of carbonyl (C=O) groups is 1. The van der Waals surface area contributed by atoms with Gasteiger partial charge in [0.25, 0.3) is 5.91 Å². The fourth-order valence-corrected chi connectivity index (χ4v) is 1.85. The van der Waals surface area contributed by atoms with Gasteiger partial charge in [0.05, 0.1) is 11.2 Å². The predicted octanol–water partition coefficient (Wildman–Crippen LogP) is 1.92. The van der Waals surface area contributed by atoms with Gasteiger partial charge >= 0.3 is 0 Å². The van der Waals surface area contributed by atoms with Crippen LogP contribution < -0.4 is 11.1 Å². The number of anilines is 1. The van der Waals surface area contributed by atoms with Gasteiger partial charge in [-0.2, -0.15) is 0 Å². The van der Waals surface area contributed by atoms with Crippen molar-refractivity contribution in [3.63, 3.8) is 0 Å². The van der Waals surface area contributed by atoms with Crippen molar-refractivity contribution in [3.8, 4) is 0 Å². The Kier molecular flexibility index (Phi) is 3.44. The number of fused-ring (bicyclic) bond motifs is 1. The molecular formula is C15H18N2O2. The van der Waals surface area contributed by atoms with Crippen LogP contribution in [0.15, 0.2) is 36.4 Å². The second kappa shape index (κ2) is 4.90. The molecule has 2 aromatic carbocycles. The summed E-state index contributed by atoms with van der Waals surface area (Å²) in [5.74, 6) is -0.273. The molecule has 2 rings (SSSR count). The summed E-state index contributed by atoms with van der Waals surface area (Å²) in [5, 5.41) is 14.2. The molecule has 2 aromatic rings. The number of hydrogen-bond donors (Lipinski definition) is 3. The van der Waals surface area contributed by atoms with Crippen LogP contribution in [0.3, 0.4) is 0 Å². The number of rotatable bonds is 3. The van der Waals surface area contributed by atoms with Gasteiger partial charge in [0.15, 0.2) is 0 Å². The molecule has 1 amide bonds. The molecule has 19 heavy (non-hydrogen) atoms. The Balaban J connectivity index is 2.29. The molecule has 4 N–H and O–H groups in total. The zero-order chi connectivity index (χ0) is 14.0. The largest absolute Gasteiger partial charge is 0.398 e. The Labute approximate surface area is 112 Å². The first-order chi connectivity index (χ1) is 8.87. The van der Waals surface area contributed by atoms with Gasteiger partial charge in [0.1, 0.15) is 0 Å². The van der Waals surface area contributed by atoms with E-state index < -0.39 is 5.60 Å². The van der Waals surface area contributed by atoms with Crippen molar-refractivity contribution in [2.24, 2.45) is 0 Å². The van der Waals surface area contributed by atoms with Crippen LogP contribution in [0.1, 0.15) is 24.2 Å². The number of carbonyl (C=O) groups excluding carboxylic acids is 1. The molecule has 0 aliphatic rings. The van der Waals surface area contributed by atoms with Gasteiger partial charge < -0.3 is 16.2 Å². The molecule has 4 heteroatoms. The maximum Gasteiger partial charge on any atom is 0.253 e. The van der Waals surface area contributed by atoms with E-state index >= 15 is 0 Å². The van der Waals surface area contributed by atoms with Gasteiger partial charge in [-0.1, -0.05) is 24.3 Å². The molecule has 0 heterocycles. The second-order valence-electron chi connectivity index (χ2n) is 5.28. The summed E-state index contributed by atoms with van der Waals surface area (Å²) in [7, 11) is 0. The van der Waals surface area contributed by atoms with Crippen molar-refractivity contribution in [3.05, 3.63) is 42.0 Å². The van der Waals surface area contributed by atoms with Crippen molar-refractivity contribution in [2.45, 2.75) is 19.4 Å². The molecule has 0 aliphatic heterocycles. The molecule has 0 saturated heterocycles. The highest BCUT2D eigenvalue weighted by Crippen LogP contribution is 2.21. The molecule has 0 saturated carbocycles. The third-order valence-electron chi connectivity index (χ3n) is 2.84. The zero-order valence-corrected chi connectivity index (χ0v) is 11.1. The van der Waals surface area contributed by atoms with E-state index in [9.17, 15) is 9.90 Å². The fourth-order valence-electron chi connectivity index (χ4n) is 1.85. The van der Waals surface area contributed by atoms with E-state index in [2.05, 4.69) is 5.32 Å². The van der Waals surface area contributed by atoms with E-state index in [4.69, 9.17) is 5.73 Å². The number of nitrogens with one attached hydrogen (secondary N) is 1. The SMILES string of the molecule is CC(C)(O)CNC(=O)c1cc2ccccc2cc1N. The highest BCUT2D eigenvalue weighted by Gasteiger charge is 2.16. The lowest BCUT2D eigenvalue weighted by atomic mass is 10.0. The topological polar surface area (TPSA) is 75.3 Å². The quantitative estimate of drug-likeness (QED) is 0.736. The number of aliphatic hydroxyl groups is 1. The van der Waals surface area contributed by atoms with Crippen LogP contribution in [0.4, 0.5) is 5.69 Å². The van der Waals surface area contributed by atoms with E-state index in [0.717, 1.165) is 10.8 Å². The van der Waals surface area contributed by atoms with Gasteiger partial charge in [-0.15, -0.1) is 0 Å². The van der Waals surface area contributed by atoms with Crippen LogP contribution in [0.25, 0.3) is 10.8 Å². The summed E-state index contributed by atoms with van der Waals surface area (Å²) in [6.45, 7) is 3.45. The van der Waals surface area contributed by atoms with Crippen LogP contribution in [0.2, 0.25) is 0 Å². The van der Waals surface area contributed by atoms with E-state index in [0.29, 0.717) is 11.3 Å². The van der Waals surface area contributed by atoms with Gasteiger partial charge in [-0.25, -0.2) is 0 Å². The van der Waals surface area contributed by atoms with Crippen LogP contribution in [0.5, 0.6) is 0 Å². The molecule has 100 valence electrons. The predicted molar refractivity (Wildman–Crippen MR) is 77.0 cm³/mol. The highest BCUT2D eigenvalue weighted by atomic mass is 16.3. The molecule has 4 nitrogen and oxygen atoms in total. The monoisotopic (exact) mass is 258 g/mol. The van der Waals surface area contributed by atoms with E-state index in [1.54, 1.807) is 26.0 Å². The molecule has 0 unspecified atom stereocenters. The summed E-state index contributed by atoms with van der Waals surface area (Å²) >= 11 is 0. The molecule has 0 spiro atoms. The van der Waals surface area contributed by atoms with E-state index in [1.807, 2.05) is 24.3 Å². The summed E-state index contributed by atoms with van der Waals surface area (Å²) in [4.78, 5) is 12.1. The van der Waals surface area contributed by atoms with Crippen molar-refractivity contribution in [1.82, 2.24) is 5.32 Å². The number of amides is 1. The third-order valence-corrected chi connectivity index (χ3v) is 2.84. The average Bonchev–Trinajstić information content (AvgIpc) is 2.34. The number of benzene rings is 2. The molecule has 0 atom stereocenters. The van der Waals surface area contributed by atoms with E-state index in [-0.39, 0.29) is 12.5 Å². The minimum atomic E-state index is -0.943. The van der Waals surface area contributed by atoms with E-state index in [1.165, 1.54) is 0 Å². The first kappa shape index (κ1) is 13.4. The molecule has 0 radical (unpaired) electrons. The smallest absolute Gasteiger partial charge is 0.253 e. The number of nitrogen functional groups attached to an aromatic ring is 1. The van der Waals surface area contributed by atoms with Crippen LogP contribution in [0, 0.1) is 0 Å². The summed E-state index contributed by atoms with van der Waals surface area (Å²) in [6.07, 6.45) is 0. The first-order valence-electron chi connectivity index (χ1n) is 6.16. The van der Waals surface area contributed by atoms with Crippen molar-refractivity contribution in [1.29, 1.82) is 0 Å². The third kappa shape index (κ3) is 3.23. The lowest BCUT2D eigenvalue weighted by Crippen LogP contribution is -2.38. The Morgan fingerprint density at radius 1 is 1.26 bits per heavy atom. The fraction of sp³-hybridized carbons (Fsp3) is 0.267. The molecule has 0 aromatic heterocycles. The Morgan fingerprint density at radius 2 is 1.84 bits per heavy atom. The van der Waals surface area contributed by atoms with Crippen molar-refractivity contribution in [2.75, 3.05) is 12.3 Å². The lowest BCUT2D eigenvalue weighted by molar-refractivity contribution is 0.0695. The number of nitrogens with two attached hydrogens (primary N) is 1. The van der Waals surface area contributed by atoms with Crippen LogP contribution >= 0.6 is 0 Å². The van der Waals surface area contributed by atoms with Crippen LogP contribution in [-0.2, 0) is 0 Å². The summed E-state index contributed by atoms with van der Waals surface area (Å²) in [5.41, 5.74) is 5.83. The minimum absolute atomic E-state index is 0.179. The maximum absolute atomic E-state index is 12.1. The normalized spacial score (nSPS) is 11.5. The molecular weight excluding hydrogens is 240 g/mol. The Morgan fingerprint density at radius 3 is 2.42 bits per heavy atom. The van der Waals surface area contributed by atoms with Crippen LogP contribution in [-0.4, -0.2) is 23.2 Å². The average molecular weight is 258 g/mol. The molecule has 0 aliphatic carbocycles. The van der Waals surface area contributed by atoms with Crippen molar-refractivity contribution < 1.29 is 9.90 Å². The van der Waals surface area contributed by atoms with Crippen molar-refractivity contribution >= 4 is 22.4 Å². The zero-order valence-electron chi connectivity index (χ0n) is 11.1. The van der Waals surface area contributed by atoms with Gasteiger partial charge in [0, 0.05) is 12.2 Å². The molecule has 0 bridgehead atoms. The Bertz CT molecular complexity index is 615. The van der Waals surface area contributed by atoms with Gasteiger partial charge in [-0.3, -0.25) is 4.79 Å². The highest BCUT2D eigenvalue weighted by molar-refractivity contribution is 6.03.